The van der Waals surface area contributed by atoms with Gasteiger partial charge in [0, 0.05) is 7.05 Å². The first-order valence-corrected chi connectivity index (χ1v) is 5.49. The molecule has 0 spiro atoms. The lowest BCUT2D eigenvalue weighted by Crippen LogP contribution is -2.01. The SMILES string of the molecule is CNc1nc(Cl)nc(Oc2cc(C)ccc2F)n1. The number of benzene rings is 1. The van der Waals surface area contributed by atoms with Crippen LogP contribution in [0.3, 0.4) is 0 Å². The van der Waals surface area contributed by atoms with Crippen molar-refractivity contribution >= 4 is 17.5 Å². The predicted molar refractivity (Wildman–Crippen MR) is 65.6 cm³/mol. The topological polar surface area (TPSA) is 59.9 Å². The van der Waals surface area contributed by atoms with Gasteiger partial charge in [-0.1, -0.05) is 6.07 Å². The molecule has 0 amide bonds. The van der Waals surface area contributed by atoms with E-state index in [1.54, 1.807) is 19.2 Å². The summed E-state index contributed by atoms with van der Waals surface area (Å²) in [7, 11) is 1.63. The van der Waals surface area contributed by atoms with Crippen LogP contribution >= 0.6 is 11.6 Å². The zero-order chi connectivity index (χ0) is 13.1. The minimum absolute atomic E-state index is 0.0302. The minimum atomic E-state index is -0.497. The molecular formula is C11H10ClFN4O. The maximum atomic E-state index is 13.5. The molecule has 2 aromatic rings. The quantitative estimate of drug-likeness (QED) is 0.927. The largest absolute Gasteiger partial charge is 0.421 e. The number of rotatable bonds is 3. The van der Waals surface area contributed by atoms with Gasteiger partial charge in [-0.25, -0.2) is 4.39 Å². The van der Waals surface area contributed by atoms with E-state index < -0.39 is 5.82 Å². The highest BCUT2D eigenvalue weighted by Gasteiger charge is 2.09. The van der Waals surface area contributed by atoms with Gasteiger partial charge in [-0.05, 0) is 36.2 Å². The van der Waals surface area contributed by atoms with Crippen molar-refractivity contribution in [1.29, 1.82) is 0 Å². The van der Waals surface area contributed by atoms with Gasteiger partial charge in [0.15, 0.2) is 11.6 Å². The maximum Gasteiger partial charge on any atom is 0.328 e. The lowest BCUT2D eigenvalue weighted by molar-refractivity contribution is 0.409. The van der Waals surface area contributed by atoms with Crippen molar-refractivity contribution in [2.24, 2.45) is 0 Å². The Balaban J connectivity index is 2.33. The van der Waals surface area contributed by atoms with Crippen molar-refractivity contribution in [1.82, 2.24) is 15.0 Å². The van der Waals surface area contributed by atoms with E-state index >= 15 is 0 Å². The molecule has 0 bridgehead atoms. The van der Waals surface area contributed by atoms with Crippen molar-refractivity contribution in [3.8, 4) is 11.8 Å². The Labute approximate surface area is 108 Å². The Hall–Kier alpha value is -1.95. The van der Waals surface area contributed by atoms with Crippen LogP contribution in [0.15, 0.2) is 18.2 Å². The van der Waals surface area contributed by atoms with Gasteiger partial charge in [0.05, 0.1) is 0 Å². The second-order valence-corrected chi connectivity index (χ2v) is 3.83. The first-order chi connectivity index (χ1) is 8.58. The average molecular weight is 269 g/mol. The van der Waals surface area contributed by atoms with Gasteiger partial charge in [-0.2, -0.15) is 15.0 Å². The number of nitrogens with zero attached hydrogens (tertiary/aromatic N) is 3. The third-order valence-corrected chi connectivity index (χ3v) is 2.27. The molecule has 0 saturated heterocycles. The van der Waals surface area contributed by atoms with Gasteiger partial charge in [0.1, 0.15) is 0 Å². The second-order valence-electron chi connectivity index (χ2n) is 3.50. The highest BCUT2D eigenvalue weighted by Crippen LogP contribution is 2.24. The smallest absolute Gasteiger partial charge is 0.328 e. The molecule has 94 valence electrons. The fourth-order valence-electron chi connectivity index (χ4n) is 1.28. The molecule has 0 aliphatic carbocycles. The van der Waals surface area contributed by atoms with E-state index in [4.69, 9.17) is 16.3 Å². The third-order valence-electron chi connectivity index (χ3n) is 2.10. The summed E-state index contributed by atoms with van der Waals surface area (Å²) in [6.45, 7) is 1.83. The summed E-state index contributed by atoms with van der Waals surface area (Å²) in [6.07, 6.45) is 0. The average Bonchev–Trinajstić information content (AvgIpc) is 2.33. The summed E-state index contributed by atoms with van der Waals surface area (Å²) in [6, 6.07) is 4.43. The summed E-state index contributed by atoms with van der Waals surface area (Å²) in [5, 5.41) is 2.67. The normalized spacial score (nSPS) is 10.2. The number of hydrogen-bond donors (Lipinski definition) is 1. The van der Waals surface area contributed by atoms with Gasteiger partial charge in [-0.15, -0.1) is 0 Å². The van der Waals surface area contributed by atoms with Crippen LogP contribution in [0.1, 0.15) is 5.56 Å². The predicted octanol–water partition coefficient (Wildman–Crippen LogP) is 2.81. The van der Waals surface area contributed by atoms with E-state index in [9.17, 15) is 4.39 Å². The number of anilines is 1. The standard InChI is InChI=1S/C11H10ClFN4O/c1-6-3-4-7(13)8(5-6)18-11-16-9(12)15-10(14-2)17-11/h3-5H,1-2H3,(H,14,15,16,17). The van der Waals surface area contributed by atoms with Crippen molar-refractivity contribution in [2.75, 3.05) is 12.4 Å². The number of halogens is 2. The van der Waals surface area contributed by atoms with Crippen LogP contribution < -0.4 is 10.1 Å². The van der Waals surface area contributed by atoms with Crippen LogP contribution in [-0.4, -0.2) is 22.0 Å². The maximum absolute atomic E-state index is 13.5. The van der Waals surface area contributed by atoms with Gasteiger partial charge < -0.3 is 10.1 Å². The molecule has 2 rings (SSSR count). The van der Waals surface area contributed by atoms with E-state index in [1.807, 2.05) is 6.92 Å². The molecule has 0 saturated carbocycles. The highest BCUT2D eigenvalue weighted by atomic mass is 35.5. The van der Waals surface area contributed by atoms with E-state index in [0.717, 1.165) is 5.56 Å². The number of ether oxygens (including phenoxy) is 1. The number of aryl methyl sites for hydroxylation is 1. The summed E-state index contributed by atoms with van der Waals surface area (Å²) in [5.41, 5.74) is 0.861. The lowest BCUT2D eigenvalue weighted by atomic mass is 10.2. The van der Waals surface area contributed by atoms with E-state index in [2.05, 4.69) is 20.3 Å². The van der Waals surface area contributed by atoms with E-state index in [0.29, 0.717) is 0 Å². The summed E-state index contributed by atoms with van der Waals surface area (Å²) in [4.78, 5) is 11.5. The Morgan fingerprint density at radius 1 is 1.28 bits per heavy atom. The van der Waals surface area contributed by atoms with Gasteiger partial charge in [0.2, 0.25) is 11.2 Å². The molecule has 7 heteroatoms. The van der Waals surface area contributed by atoms with Gasteiger partial charge in [0.25, 0.3) is 0 Å². The lowest BCUT2D eigenvalue weighted by Gasteiger charge is -2.07. The zero-order valence-corrected chi connectivity index (χ0v) is 10.5. The Morgan fingerprint density at radius 3 is 2.78 bits per heavy atom. The van der Waals surface area contributed by atoms with Crippen LogP contribution in [0.5, 0.6) is 11.8 Å². The van der Waals surface area contributed by atoms with Crippen LogP contribution in [0.4, 0.5) is 10.3 Å². The molecule has 0 aliphatic heterocycles. The molecule has 0 radical (unpaired) electrons. The van der Waals surface area contributed by atoms with Gasteiger partial charge in [-0.3, -0.25) is 0 Å². The molecule has 1 heterocycles. The number of nitrogens with one attached hydrogen (secondary N) is 1. The molecule has 1 aromatic heterocycles. The molecule has 0 fully saturated rings. The Kier molecular flexibility index (Phi) is 3.57. The van der Waals surface area contributed by atoms with Crippen LogP contribution in [-0.2, 0) is 0 Å². The fourth-order valence-corrected chi connectivity index (χ4v) is 1.43. The van der Waals surface area contributed by atoms with Crippen LogP contribution in [0.25, 0.3) is 0 Å². The van der Waals surface area contributed by atoms with E-state index in [1.165, 1.54) is 6.07 Å². The van der Waals surface area contributed by atoms with Crippen molar-refractivity contribution < 1.29 is 9.13 Å². The fraction of sp³-hybridized carbons (Fsp3) is 0.182. The minimum Gasteiger partial charge on any atom is -0.421 e. The monoisotopic (exact) mass is 268 g/mol. The summed E-state index contributed by atoms with van der Waals surface area (Å²) in [5.74, 6) is -0.208. The second kappa shape index (κ2) is 5.14. The molecule has 0 unspecified atom stereocenters. The molecule has 0 atom stereocenters. The molecule has 1 N–H and O–H groups in total. The summed E-state index contributed by atoms with van der Waals surface area (Å²) >= 11 is 5.69. The molecular weight excluding hydrogens is 259 g/mol. The Morgan fingerprint density at radius 2 is 2.06 bits per heavy atom. The number of hydrogen-bond acceptors (Lipinski definition) is 5. The highest BCUT2D eigenvalue weighted by molar-refractivity contribution is 6.28. The molecule has 18 heavy (non-hydrogen) atoms. The van der Waals surface area contributed by atoms with Crippen molar-refractivity contribution in [3.63, 3.8) is 0 Å². The zero-order valence-electron chi connectivity index (χ0n) is 9.74. The number of aromatic nitrogens is 3. The Bertz CT molecular complexity index is 579. The summed E-state index contributed by atoms with van der Waals surface area (Å²) < 4.78 is 18.7. The van der Waals surface area contributed by atoms with Crippen molar-refractivity contribution in [2.45, 2.75) is 6.92 Å². The van der Waals surface area contributed by atoms with Crippen LogP contribution in [0.2, 0.25) is 5.28 Å². The first kappa shape index (κ1) is 12.5. The molecule has 1 aromatic carbocycles. The molecule has 0 aliphatic rings. The molecule has 5 nitrogen and oxygen atoms in total. The van der Waals surface area contributed by atoms with Gasteiger partial charge >= 0.3 is 6.01 Å². The third kappa shape index (κ3) is 2.84. The van der Waals surface area contributed by atoms with Crippen molar-refractivity contribution in [3.05, 3.63) is 34.9 Å². The van der Waals surface area contributed by atoms with Crippen LogP contribution in [0, 0.1) is 12.7 Å². The van der Waals surface area contributed by atoms with E-state index in [-0.39, 0.29) is 23.0 Å². The first-order valence-electron chi connectivity index (χ1n) is 5.12.